The van der Waals surface area contributed by atoms with E-state index in [4.69, 9.17) is 9.47 Å². The van der Waals surface area contributed by atoms with E-state index < -0.39 is 23.3 Å². The van der Waals surface area contributed by atoms with Gasteiger partial charge < -0.3 is 9.47 Å². The maximum atomic E-state index is 12.8. The van der Waals surface area contributed by atoms with E-state index in [2.05, 4.69) is 0 Å². The Balaban J connectivity index is 1.38. The molecule has 178 valence electrons. The second-order valence-electron chi connectivity index (χ2n) is 7.62. The maximum Gasteiger partial charge on any atom is 0.339 e. The van der Waals surface area contributed by atoms with E-state index in [9.17, 15) is 24.5 Å². The van der Waals surface area contributed by atoms with Crippen LogP contribution >= 0.6 is 0 Å². The van der Waals surface area contributed by atoms with Crippen molar-refractivity contribution in [2.75, 3.05) is 6.61 Å². The van der Waals surface area contributed by atoms with Gasteiger partial charge in [0.1, 0.15) is 11.5 Å². The molecular formula is C28H19NO7. The first kappa shape index (κ1) is 24.0. The predicted molar refractivity (Wildman–Crippen MR) is 131 cm³/mol. The zero-order valence-corrected chi connectivity index (χ0v) is 18.8. The lowest BCUT2D eigenvalue weighted by atomic mass is 9.98. The van der Waals surface area contributed by atoms with E-state index in [1.165, 1.54) is 48.5 Å². The average molecular weight is 481 g/mol. The van der Waals surface area contributed by atoms with Gasteiger partial charge in [-0.1, -0.05) is 48.5 Å². The smallest absolute Gasteiger partial charge is 0.339 e. The molecule has 4 rings (SSSR count). The first-order chi connectivity index (χ1) is 17.4. The number of nitro groups is 1. The average Bonchev–Trinajstić information content (AvgIpc) is 2.92. The Morgan fingerprint density at radius 3 is 1.83 bits per heavy atom. The molecule has 8 nitrogen and oxygen atoms in total. The lowest BCUT2D eigenvalue weighted by molar-refractivity contribution is -0.384. The number of carbonyl (C=O) groups is 3. The Hall–Kier alpha value is -5.11. The number of rotatable bonds is 9. The highest BCUT2D eigenvalue weighted by Gasteiger charge is 2.20. The summed E-state index contributed by atoms with van der Waals surface area (Å²) in [6.45, 7) is -0.505. The summed E-state index contributed by atoms with van der Waals surface area (Å²) < 4.78 is 10.8. The number of Topliss-reactive ketones (excluding diaryl/α,β-unsaturated/α-hetero) is 1. The Morgan fingerprint density at radius 1 is 0.667 bits per heavy atom. The molecule has 36 heavy (non-hydrogen) atoms. The molecule has 0 atom stereocenters. The number of ether oxygens (including phenoxy) is 2. The van der Waals surface area contributed by atoms with Crippen LogP contribution in [0.15, 0.2) is 103 Å². The topological polar surface area (TPSA) is 113 Å². The minimum absolute atomic E-state index is 0.0510. The molecule has 8 heteroatoms. The zero-order valence-electron chi connectivity index (χ0n) is 18.8. The lowest BCUT2D eigenvalue weighted by Gasteiger charge is -2.09. The van der Waals surface area contributed by atoms with Crippen molar-refractivity contribution in [3.8, 4) is 11.5 Å². The summed E-state index contributed by atoms with van der Waals surface area (Å²) in [5.74, 6) is -0.709. The number of hydrogen-bond acceptors (Lipinski definition) is 7. The van der Waals surface area contributed by atoms with Gasteiger partial charge in [0, 0.05) is 28.8 Å². The van der Waals surface area contributed by atoms with Crippen LogP contribution in [0.5, 0.6) is 11.5 Å². The second kappa shape index (κ2) is 10.9. The summed E-state index contributed by atoms with van der Waals surface area (Å²) in [6, 6.07) is 26.6. The van der Waals surface area contributed by atoms with Crippen molar-refractivity contribution in [2.24, 2.45) is 0 Å². The summed E-state index contributed by atoms with van der Waals surface area (Å²) in [5.41, 5.74) is 0.946. The van der Waals surface area contributed by atoms with Gasteiger partial charge >= 0.3 is 5.97 Å². The van der Waals surface area contributed by atoms with E-state index in [0.29, 0.717) is 22.6 Å². The van der Waals surface area contributed by atoms with Crippen LogP contribution in [-0.4, -0.2) is 29.1 Å². The van der Waals surface area contributed by atoms with E-state index in [0.717, 1.165) is 0 Å². The fourth-order valence-corrected chi connectivity index (χ4v) is 3.38. The Kier molecular flexibility index (Phi) is 7.26. The molecule has 0 saturated carbocycles. The fraction of sp³-hybridized carbons (Fsp3) is 0.0357. The van der Waals surface area contributed by atoms with Crippen molar-refractivity contribution in [3.05, 3.63) is 135 Å². The van der Waals surface area contributed by atoms with Crippen LogP contribution < -0.4 is 4.74 Å². The van der Waals surface area contributed by atoms with Gasteiger partial charge in [-0.3, -0.25) is 19.7 Å². The van der Waals surface area contributed by atoms with Gasteiger partial charge in [0.15, 0.2) is 18.2 Å². The van der Waals surface area contributed by atoms with Gasteiger partial charge in [0.2, 0.25) is 0 Å². The highest BCUT2D eigenvalue weighted by molar-refractivity contribution is 6.14. The maximum absolute atomic E-state index is 12.8. The standard InChI is InChI=1S/C28H19NO7/c30-26(19-10-14-22(15-11-19)36-23-16-12-21(13-17-23)29(33)34)18-35-28(32)25-9-5-4-8-24(25)27(31)20-6-2-1-3-7-20/h1-17H,18H2. The first-order valence-corrected chi connectivity index (χ1v) is 10.8. The second-order valence-corrected chi connectivity index (χ2v) is 7.62. The minimum atomic E-state index is -0.777. The van der Waals surface area contributed by atoms with Crippen molar-refractivity contribution < 1.29 is 28.8 Å². The summed E-state index contributed by atoms with van der Waals surface area (Å²) in [4.78, 5) is 48.3. The summed E-state index contributed by atoms with van der Waals surface area (Å²) in [5, 5.41) is 10.7. The summed E-state index contributed by atoms with van der Waals surface area (Å²) in [6.07, 6.45) is 0. The molecule has 0 aliphatic carbocycles. The van der Waals surface area contributed by atoms with Crippen LogP contribution in [0.2, 0.25) is 0 Å². The molecule has 4 aromatic carbocycles. The summed E-state index contributed by atoms with van der Waals surface area (Å²) >= 11 is 0. The number of benzene rings is 4. The van der Waals surface area contributed by atoms with Crippen molar-refractivity contribution in [1.82, 2.24) is 0 Å². The van der Waals surface area contributed by atoms with Crippen LogP contribution in [0.1, 0.15) is 36.6 Å². The number of nitro benzene ring substituents is 1. The van der Waals surface area contributed by atoms with Gasteiger partial charge in [0.25, 0.3) is 5.69 Å². The van der Waals surface area contributed by atoms with Gasteiger partial charge in [-0.05, 0) is 42.5 Å². The predicted octanol–water partition coefficient (Wildman–Crippen LogP) is 5.66. The fourth-order valence-electron chi connectivity index (χ4n) is 3.38. The summed E-state index contributed by atoms with van der Waals surface area (Å²) in [7, 11) is 0. The molecule has 0 aromatic heterocycles. The molecule has 0 radical (unpaired) electrons. The van der Waals surface area contributed by atoms with Gasteiger partial charge in [-0.2, -0.15) is 0 Å². The van der Waals surface area contributed by atoms with Crippen LogP contribution in [-0.2, 0) is 4.74 Å². The van der Waals surface area contributed by atoms with Gasteiger partial charge in [-0.25, -0.2) is 4.79 Å². The highest BCUT2D eigenvalue weighted by atomic mass is 16.6. The Labute approximate surface area is 205 Å². The normalized spacial score (nSPS) is 10.3. The largest absolute Gasteiger partial charge is 0.457 e. The lowest BCUT2D eigenvalue weighted by Crippen LogP contribution is -2.17. The molecule has 0 heterocycles. The van der Waals surface area contributed by atoms with Crippen molar-refractivity contribution in [1.29, 1.82) is 0 Å². The molecule has 0 N–H and O–H groups in total. The van der Waals surface area contributed by atoms with E-state index in [1.807, 2.05) is 0 Å². The molecule has 0 spiro atoms. The molecule has 0 amide bonds. The Morgan fingerprint density at radius 2 is 1.22 bits per heavy atom. The van der Waals surface area contributed by atoms with Gasteiger partial charge in [-0.15, -0.1) is 0 Å². The molecule has 0 saturated heterocycles. The third-order valence-corrected chi connectivity index (χ3v) is 5.22. The quantitative estimate of drug-likeness (QED) is 0.131. The first-order valence-electron chi connectivity index (χ1n) is 10.8. The number of ketones is 2. The molecule has 0 unspecified atom stereocenters. The van der Waals surface area contributed by atoms with Crippen molar-refractivity contribution in [2.45, 2.75) is 0 Å². The molecule has 0 bridgehead atoms. The van der Waals surface area contributed by atoms with Crippen LogP contribution in [0.25, 0.3) is 0 Å². The minimum Gasteiger partial charge on any atom is -0.457 e. The number of nitrogens with zero attached hydrogens (tertiary/aromatic N) is 1. The monoisotopic (exact) mass is 481 g/mol. The molecule has 0 aliphatic rings. The highest BCUT2D eigenvalue weighted by Crippen LogP contribution is 2.24. The SMILES string of the molecule is O=C(COC(=O)c1ccccc1C(=O)c1ccccc1)c1ccc(Oc2ccc([N+](=O)[O-])cc2)cc1. The van der Waals surface area contributed by atoms with Gasteiger partial charge in [0.05, 0.1) is 10.5 Å². The third-order valence-electron chi connectivity index (χ3n) is 5.22. The number of hydrogen-bond donors (Lipinski definition) is 0. The van der Waals surface area contributed by atoms with Crippen LogP contribution in [0.4, 0.5) is 5.69 Å². The van der Waals surface area contributed by atoms with E-state index >= 15 is 0 Å². The molecular weight excluding hydrogens is 462 g/mol. The molecule has 0 aliphatic heterocycles. The number of esters is 1. The van der Waals surface area contributed by atoms with E-state index in [-0.39, 0.29) is 22.6 Å². The third kappa shape index (κ3) is 5.68. The van der Waals surface area contributed by atoms with Crippen molar-refractivity contribution in [3.63, 3.8) is 0 Å². The van der Waals surface area contributed by atoms with Crippen LogP contribution in [0, 0.1) is 10.1 Å². The van der Waals surface area contributed by atoms with E-state index in [1.54, 1.807) is 54.6 Å². The molecule has 0 fully saturated rings. The molecule has 4 aromatic rings. The zero-order chi connectivity index (χ0) is 25.5. The number of carbonyl (C=O) groups excluding carboxylic acids is 3. The van der Waals surface area contributed by atoms with Crippen LogP contribution in [0.3, 0.4) is 0 Å². The van der Waals surface area contributed by atoms with Crippen molar-refractivity contribution >= 4 is 23.2 Å². The number of non-ortho nitro benzene ring substituents is 1. The Bertz CT molecular complexity index is 1410.